The molecule has 6 aromatic rings. The van der Waals surface area contributed by atoms with Crippen molar-refractivity contribution < 1.29 is 25.8 Å². The summed E-state index contributed by atoms with van der Waals surface area (Å²) in [5.41, 5.74) is 10.8. The third kappa shape index (κ3) is 13.0. The molecule has 1 aromatic heterocycles. The Morgan fingerprint density at radius 1 is 0.644 bits per heavy atom. The molecule has 0 aliphatic rings. The van der Waals surface area contributed by atoms with Gasteiger partial charge in [0.05, 0.1) is 0 Å². The SMILES string of the molecule is CCCC[N-]c1nc2c(-c3c(C)cc(C)cc3C)cccc2s1.[CH2-]c1ccccc1.[CH2-]c1ccccc1.[CH2-]c1ccccc1.[Hf+4]. The van der Waals surface area contributed by atoms with Crippen LogP contribution in [0.15, 0.2) is 121 Å². The number of unbranched alkanes of at least 4 members (excludes halogenated alkanes) is 1. The first kappa shape index (κ1) is 37.5. The smallest absolute Gasteiger partial charge is 0.457 e. The van der Waals surface area contributed by atoms with Crippen LogP contribution in [-0.2, 0) is 25.8 Å². The molecule has 1 heterocycles. The van der Waals surface area contributed by atoms with Crippen LogP contribution in [0.4, 0.5) is 5.13 Å². The van der Waals surface area contributed by atoms with E-state index in [4.69, 9.17) is 4.98 Å². The average molecular weight is 775 g/mol. The van der Waals surface area contributed by atoms with Gasteiger partial charge in [-0.25, -0.2) is 0 Å². The van der Waals surface area contributed by atoms with Crippen LogP contribution in [0.5, 0.6) is 0 Å². The van der Waals surface area contributed by atoms with Crippen molar-refractivity contribution in [2.45, 2.75) is 40.5 Å². The second-order valence-corrected chi connectivity index (χ2v) is 11.6. The van der Waals surface area contributed by atoms with Gasteiger partial charge in [0.1, 0.15) is 0 Å². The Morgan fingerprint density at radius 3 is 1.51 bits per heavy atom. The molecule has 0 spiro atoms. The minimum absolute atomic E-state index is 0. The molecule has 45 heavy (non-hydrogen) atoms. The molecule has 0 saturated heterocycles. The predicted octanol–water partition coefficient (Wildman–Crippen LogP) is 12.3. The van der Waals surface area contributed by atoms with Gasteiger partial charge in [0.15, 0.2) is 0 Å². The summed E-state index contributed by atoms with van der Waals surface area (Å²) in [6, 6.07) is 40.6. The van der Waals surface area contributed by atoms with Gasteiger partial charge in [0.25, 0.3) is 0 Å². The monoisotopic (exact) mass is 776 g/mol. The van der Waals surface area contributed by atoms with Crippen LogP contribution in [0.1, 0.15) is 53.1 Å². The van der Waals surface area contributed by atoms with E-state index in [0.717, 1.165) is 40.3 Å². The molecule has 0 fully saturated rings. The van der Waals surface area contributed by atoms with E-state index in [-0.39, 0.29) is 25.8 Å². The maximum absolute atomic E-state index is 4.82. The standard InChI is InChI=1S/C20H23N2S.3C7H7.Hf/c1-5-6-10-21-20-22-19-16(8-7-9-17(19)23-20)18-14(3)11-13(2)12-15(18)4;3*1-7-5-3-2-4-6-7;/h7-9,11-12H,5-6,10H2,1-4H3;3*2-6H,1H2;/q4*-1;+4. The van der Waals surface area contributed by atoms with E-state index >= 15 is 0 Å². The molecule has 0 aliphatic carbocycles. The molecule has 6 rings (SSSR count). The molecule has 0 saturated carbocycles. The molecule has 0 bridgehead atoms. The molecule has 0 amide bonds. The van der Waals surface area contributed by atoms with Gasteiger partial charge in [-0.1, -0.05) is 67.8 Å². The number of benzene rings is 5. The third-order valence-electron chi connectivity index (χ3n) is 6.64. The number of para-hydroxylation sites is 1. The second kappa shape index (κ2) is 20.3. The van der Waals surface area contributed by atoms with Crippen LogP contribution in [0.2, 0.25) is 0 Å². The first-order valence-corrected chi connectivity index (χ1v) is 15.9. The number of hydrogen-bond donors (Lipinski definition) is 0. The third-order valence-corrected chi connectivity index (χ3v) is 7.59. The quantitative estimate of drug-likeness (QED) is 0.0973. The Kier molecular flexibility index (Phi) is 16.9. The molecule has 0 N–H and O–H groups in total. The summed E-state index contributed by atoms with van der Waals surface area (Å²) in [6.45, 7) is 20.7. The first-order chi connectivity index (χ1) is 21.3. The zero-order chi connectivity index (χ0) is 31.7. The Morgan fingerprint density at radius 2 is 1.11 bits per heavy atom. The van der Waals surface area contributed by atoms with Crippen LogP contribution in [0, 0.1) is 41.5 Å². The van der Waals surface area contributed by atoms with Gasteiger partial charge < -0.3 is 10.3 Å². The molecule has 0 aliphatic heterocycles. The number of hydrogen-bond acceptors (Lipinski definition) is 2. The van der Waals surface area contributed by atoms with Crippen molar-refractivity contribution >= 4 is 26.7 Å². The maximum Gasteiger partial charge on any atom is 4.00 e. The summed E-state index contributed by atoms with van der Waals surface area (Å²) in [6.07, 6.45) is 2.29. The molecule has 0 radical (unpaired) electrons. The van der Waals surface area contributed by atoms with Crippen LogP contribution in [0.3, 0.4) is 0 Å². The summed E-state index contributed by atoms with van der Waals surface area (Å²) < 4.78 is 1.22. The van der Waals surface area contributed by atoms with Gasteiger partial charge in [-0.2, -0.15) is 73.9 Å². The molecule has 0 unspecified atom stereocenters. The van der Waals surface area contributed by atoms with Gasteiger partial charge in [0.2, 0.25) is 0 Å². The van der Waals surface area contributed by atoms with E-state index in [0.29, 0.717) is 0 Å². The van der Waals surface area contributed by atoms with E-state index in [1.165, 1.54) is 38.9 Å². The van der Waals surface area contributed by atoms with Crippen molar-refractivity contribution in [3.63, 3.8) is 0 Å². The van der Waals surface area contributed by atoms with Crippen LogP contribution in [-0.4, -0.2) is 11.5 Å². The van der Waals surface area contributed by atoms with Gasteiger partial charge in [-0.15, -0.1) is 47.7 Å². The van der Waals surface area contributed by atoms with Crippen LogP contribution < -0.4 is 0 Å². The molecule has 0 atom stereocenters. The number of rotatable bonds is 5. The molecular weight excluding hydrogens is 731 g/mol. The van der Waals surface area contributed by atoms with Crippen molar-refractivity contribution in [2.75, 3.05) is 6.54 Å². The molecule has 4 heteroatoms. The van der Waals surface area contributed by atoms with Crippen LogP contribution in [0.25, 0.3) is 26.7 Å². The van der Waals surface area contributed by atoms with E-state index < -0.39 is 0 Å². The van der Waals surface area contributed by atoms with Crippen molar-refractivity contribution in [3.8, 4) is 11.1 Å². The molecule has 228 valence electrons. The maximum atomic E-state index is 4.82. The van der Waals surface area contributed by atoms with Gasteiger partial charge in [-0.3, -0.25) is 0 Å². The Labute approximate surface area is 294 Å². The summed E-state index contributed by atoms with van der Waals surface area (Å²) in [7, 11) is 0. The fourth-order valence-corrected chi connectivity index (χ4v) is 5.47. The summed E-state index contributed by atoms with van der Waals surface area (Å²) in [4.78, 5) is 4.82. The van der Waals surface area contributed by atoms with Crippen molar-refractivity contribution in [1.82, 2.24) is 4.98 Å². The van der Waals surface area contributed by atoms with Crippen molar-refractivity contribution in [3.05, 3.63) is 181 Å². The Hall–Kier alpha value is -3.73. The van der Waals surface area contributed by atoms with Crippen molar-refractivity contribution in [2.24, 2.45) is 0 Å². The Bertz CT molecular complexity index is 1550. The van der Waals surface area contributed by atoms with E-state index in [1.807, 2.05) is 91.0 Å². The molecule has 5 aromatic carbocycles. The summed E-state index contributed by atoms with van der Waals surface area (Å²) >= 11 is 1.69. The van der Waals surface area contributed by atoms with Gasteiger partial charge in [-0.05, 0) is 66.3 Å². The number of thiazole rings is 1. The first-order valence-electron chi connectivity index (χ1n) is 15.0. The van der Waals surface area contributed by atoms with E-state index in [9.17, 15) is 0 Å². The van der Waals surface area contributed by atoms with Gasteiger partial charge >= 0.3 is 25.8 Å². The Balaban J connectivity index is 0.000000259. The minimum atomic E-state index is 0. The fourth-order valence-electron chi connectivity index (χ4n) is 4.58. The van der Waals surface area contributed by atoms with E-state index in [1.54, 1.807) is 11.3 Å². The summed E-state index contributed by atoms with van der Waals surface area (Å²) in [5.74, 6) is 0. The predicted molar refractivity (Wildman–Crippen MR) is 195 cm³/mol. The largest absolute Gasteiger partial charge is 4.00 e. The molecular formula is C41H44HfN2S. The van der Waals surface area contributed by atoms with Crippen LogP contribution >= 0.6 is 11.3 Å². The topological polar surface area (TPSA) is 27.0 Å². The minimum Gasteiger partial charge on any atom is -0.457 e. The molecule has 2 nitrogen and oxygen atoms in total. The average Bonchev–Trinajstić information content (AvgIpc) is 3.43. The number of aromatic nitrogens is 1. The number of fused-ring (bicyclic) bond motifs is 1. The second-order valence-electron chi connectivity index (χ2n) is 10.6. The zero-order valence-electron chi connectivity index (χ0n) is 27.1. The summed E-state index contributed by atoms with van der Waals surface area (Å²) in [5, 5.41) is 5.54. The zero-order valence-corrected chi connectivity index (χ0v) is 31.5. The number of nitrogens with zero attached hydrogens (tertiary/aromatic N) is 2. The number of aryl methyl sites for hydroxylation is 3. The fraction of sp³-hybridized carbons (Fsp3) is 0.171. The normalized spacial score (nSPS) is 9.69. The van der Waals surface area contributed by atoms with Gasteiger partial charge in [0, 0.05) is 4.70 Å². The van der Waals surface area contributed by atoms with E-state index in [2.05, 4.69) is 84.1 Å². The van der Waals surface area contributed by atoms with Crippen molar-refractivity contribution in [1.29, 1.82) is 0 Å².